The average molecular weight is 176 g/mol. The van der Waals surface area contributed by atoms with Crippen LogP contribution in [0.4, 0.5) is 5.69 Å². The molecule has 0 unspecified atom stereocenters. The van der Waals surface area contributed by atoms with Gasteiger partial charge < -0.3 is 11.1 Å². The monoisotopic (exact) mass is 176 g/mol. The fourth-order valence-electron chi connectivity index (χ4n) is 1.76. The number of carbonyl (C=O) groups excluding carboxylic acids is 1. The molecule has 3 nitrogen and oxygen atoms in total. The third kappa shape index (κ3) is 1.37. The van der Waals surface area contributed by atoms with Crippen LogP contribution >= 0.6 is 0 Å². The second-order valence-electron chi connectivity index (χ2n) is 3.26. The molecule has 13 heavy (non-hydrogen) atoms. The topological polar surface area (TPSA) is 55.1 Å². The Bertz CT molecular complexity index is 335. The molecule has 68 valence electrons. The summed E-state index contributed by atoms with van der Waals surface area (Å²) >= 11 is 0. The van der Waals surface area contributed by atoms with Crippen LogP contribution in [0, 0.1) is 0 Å². The highest BCUT2D eigenvalue weighted by atomic mass is 16.1. The van der Waals surface area contributed by atoms with Crippen molar-refractivity contribution in [2.45, 2.75) is 12.3 Å². The van der Waals surface area contributed by atoms with Gasteiger partial charge in [-0.1, -0.05) is 18.2 Å². The zero-order chi connectivity index (χ0) is 9.26. The number of rotatable bonds is 1. The quantitative estimate of drug-likeness (QED) is 0.672. The van der Waals surface area contributed by atoms with Crippen LogP contribution in [-0.2, 0) is 4.79 Å². The smallest absolute Gasteiger partial charge is 0.225 e. The zero-order valence-electron chi connectivity index (χ0n) is 7.29. The van der Waals surface area contributed by atoms with Gasteiger partial charge in [0.25, 0.3) is 0 Å². The first-order valence-corrected chi connectivity index (χ1v) is 4.41. The van der Waals surface area contributed by atoms with Gasteiger partial charge >= 0.3 is 0 Å². The van der Waals surface area contributed by atoms with Crippen molar-refractivity contribution in [3.63, 3.8) is 0 Å². The number of nitrogens with one attached hydrogen (secondary N) is 1. The summed E-state index contributed by atoms with van der Waals surface area (Å²) in [5.74, 6) is -0.341. The molecule has 0 aromatic heterocycles. The van der Waals surface area contributed by atoms with Gasteiger partial charge in [-0.25, -0.2) is 0 Å². The Morgan fingerprint density at radius 2 is 2.23 bits per heavy atom. The largest absolute Gasteiger partial charge is 0.385 e. The molecule has 2 rings (SSSR count). The van der Waals surface area contributed by atoms with Crippen LogP contribution in [0.5, 0.6) is 0 Å². The van der Waals surface area contributed by atoms with Crippen molar-refractivity contribution in [1.29, 1.82) is 0 Å². The first-order valence-electron chi connectivity index (χ1n) is 4.41. The minimum Gasteiger partial charge on any atom is -0.385 e. The third-order valence-corrected chi connectivity index (χ3v) is 2.43. The van der Waals surface area contributed by atoms with E-state index in [0.717, 1.165) is 24.2 Å². The number of primary amides is 1. The molecular formula is C10H12N2O. The summed E-state index contributed by atoms with van der Waals surface area (Å²) in [6, 6.07) is 7.82. The highest BCUT2D eigenvalue weighted by molar-refractivity contribution is 5.84. The molecule has 1 atom stereocenters. The van der Waals surface area contributed by atoms with Crippen molar-refractivity contribution in [3.8, 4) is 0 Å². The van der Waals surface area contributed by atoms with Crippen LogP contribution in [-0.4, -0.2) is 12.5 Å². The molecule has 1 heterocycles. The van der Waals surface area contributed by atoms with E-state index in [0.29, 0.717) is 0 Å². The maximum atomic E-state index is 11.1. The molecule has 0 saturated heterocycles. The number of hydrogen-bond acceptors (Lipinski definition) is 2. The first kappa shape index (κ1) is 8.10. The molecule has 1 aromatic rings. The van der Waals surface area contributed by atoms with Crippen LogP contribution in [0.1, 0.15) is 17.9 Å². The number of carbonyl (C=O) groups is 1. The molecule has 1 aliphatic rings. The molecule has 0 spiro atoms. The van der Waals surface area contributed by atoms with Gasteiger partial charge in [-0.05, 0) is 18.1 Å². The maximum absolute atomic E-state index is 11.1. The Kier molecular flexibility index (Phi) is 1.93. The molecular weight excluding hydrogens is 164 g/mol. The third-order valence-electron chi connectivity index (χ3n) is 2.43. The van der Waals surface area contributed by atoms with Gasteiger partial charge in [0.1, 0.15) is 0 Å². The van der Waals surface area contributed by atoms with Gasteiger partial charge in [-0.2, -0.15) is 0 Å². The molecule has 0 radical (unpaired) electrons. The van der Waals surface area contributed by atoms with Crippen molar-refractivity contribution in [2.75, 3.05) is 11.9 Å². The number of nitrogens with two attached hydrogens (primary N) is 1. The Balaban J connectivity index is 2.42. The van der Waals surface area contributed by atoms with E-state index in [1.807, 2.05) is 24.3 Å². The summed E-state index contributed by atoms with van der Waals surface area (Å²) in [6.45, 7) is 0.824. The number of anilines is 1. The highest BCUT2D eigenvalue weighted by Crippen LogP contribution is 2.30. The number of hydrogen-bond donors (Lipinski definition) is 2. The number of amides is 1. The van der Waals surface area contributed by atoms with Crippen LogP contribution in [0.2, 0.25) is 0 Å². The molecule has 0 aliphatic carbocycles. The molecule has 0 fully saturated rings. The van der Waals surface area contributed by atoms with E-state index in [2.05, 4.69) is 5.32 Å². The van der Waals surface area contributed by atoms with Crippen LogP contribution in [0.3, 0.4) is 0 Å². The lowest BCUT2D eigenvalue weighted by Crippen LogP contribution is -2.27. The minimum atomic E-state index is -0.228. The van der Waals surface area contributed by atoms with Crippen molar-refractivity contribution in [2.24, 2.45) is 5.73 Å². The number of para-hydroxylation sites is 1. The van der Waals surface area contributed by atoms with Crippen molar-refractivity contribution in [3.05, 3.63) is 29.8 Å². The van der Waals surface area contributed by atoms with Crippen molar-refractivity contribution in [1.82, 2.24) is 0 Å². The highest BCUT2D eigenvalue weighted by Gasteiger charge is 2.23. The van der Waals surface area contributed by atoms with Gasteiger partial charge in [0.05, 0.1) is 5.92 Å². The Morgan fingerprint density at radius 1 is 1.46 bits per heavy atom. The van der Waals surface area contributed by atoms with E-state index in [1.54, 1.807) is 0 Å². The van der Waals surface area contributed by atoms with Crippen LogP contribution in [0.25, 0.3) is 0 Å². The van der Waals surface area contributed by atoms with Gasteiger partial charge in [-0.15, -0.1) is 0 Å². The lowest BCUT2D eigenvalue weighted by atomic mass is 9.91. The molecule has 1 aromatic carbocycles. The normalized spacial score (nSPS) is 20.2. The number of fused-ring (bicyclic) bond motifs is 1. The molecule has 0 saturated carbocycles. The zero-order valence-corrected chi connectivity index (χ0v) is 7.29. The lowest BCUT2D eigenvalue weighted by molar-refractivity contribution is -0.119. The maximum Gasteiger partial charge on any atom is 0.225 e. The lowest BCUT2D eigenvalue weighted by Gasteiger charge is -2.24. The average Bonchev–Trinajstić information content (AvgIpc) is 2.17. The summed E-state index contributed by atoms with van der Waals surface area (Å²) < 4.78 is 0. The molecule has 3 N–H and O–H groups in total. The van der Waals surface area contributed by atoms with E-state index >= 15 is 0 Å². The SMILES string of the molecule is NC(=O)[C@H]1CCNc2ccccc21. The van der Waals surface area contributed by atoms with E-state index in [-0.39, 0.29) is 11.8 Å². The molecule has 0 bridgehead atoms. The van der Waals surface area contributed by atoms with Crippen LogP contribution < -0.4 is 11.1 Å². The van der Waals surface area contributed by atoms with E-state index in [1.165, 1.54) is 0 Å². The predicted molar refractivity (Wildman–Crippen MR) is 51.5 cm³/mol. The van der Waals surface area contributed by atoms with E-state index in [9.17, 15) is 4.79 Å². The summed E-state index contributed by atoms with van der Waals surface area (Å²) in [5.41, 5.74) is 7.38. The van der Waals surface area contributed by atoms with Crippen LogP contribution in [0.15, 0.2) is 24.3 Å². The van der Waals surface area contributed by atoms with E-state index in [4.69, 9.17) is 5.73 Å². The van der Waals surface area contributed by atoms with Gasteiger partial charge in [0.15, 0.2) is 0 Å². The molecule has 3 heteroatoms. The molecule has 1 amide bonds. The second-order valence-corrected chi connectivity index (χ2v) is 3.26. The van der Waals surface area contributed by atoms with Gasteiger partial charge in [0, 0.05) is 12.2 Å². The number of benzene rings is 1. The fraction of sp³-hybridized carbons (Fsp3) is 0.300. The Labute approximate surface area is 76.9 Å². The predicted octanol–water partition coefficient (Wildman–Crippen LogP) is 1.07. The summed E-state index contributed by atoms with van der Waals surface area (Å²) in [6.07, 6.45) is 0.798. The minimum absolute atomic E-state index is 0.113. The van der Waals surface area contributed by atoms with Crippen molar-refractivity contribution >= 4 is 11.6 Å². The summed E-state index contributed by atoms with van der Waals surface area (Å²) in [7, 11) is 0. The first-order chi connectivity index (χ1) is 6.29. The van der Waals surface area contributed by atoms with Crippen molar-refractivity contribution < 1.29 is 4.79 Å². The Hall–Kier alpha value is -1.51. The molecule has 1 aliphatic heterocycles. The fourth-order valence-corrected chi connectivity index (χ4v) is 1.76. The second kappa shape index (κ2) is 3.09. The summed E-state index contributed by atoms with van der Waals surface area (Å²) in [4.78, 5) is 11.1. The summed E-state index contributed by atoms with van der Waals surface area (Å²) in [5, 5.41) is 3.24. The Morgan fingerprint density at radius 3 is 3.00 bits per heavy atom. The van der Waals surface area contributed by atoms with Gasteiger partial charge in [-0.3, -0.25) is 4.79 Å². The van der Waals surface area contributed by atoms with Gasteiger partial charge in [0.2, 0.25) is 5.91 Å². The van der Waals surface area contributed by atoms with E-state index < -0.39 is 0 Å². The standard InChI is InChI=1S/C10H12N2O/c11-10(13)8-5-6-12-9-4-2-1-3-7(8)9/h1-4,8,12H,5-6H2,(H2,11,13)/t8-/m0/s1.